The van der Waals surface area contributed by atoms with Gasteiger partial charge in [0, 0.05) is 11.1 Å². The predicted molar refractivity (Wildman–Crippen MR) is 132 cm³/mol. The number of carbonyl (C=O) groups excluding carboxylic acids is 1. The Balaban J connectivity index is 3.15. The monoisotopic (exact) mass is 424 g/mol. The molecule has 1 aromatic rings. The van der Waals surface area contributed by atoms with E-state index in [1.165, 1.54) is 22.3 Å². The van der Waals surface area contributed by atoms with Gasteiger partial charge in [0.25, 0.3) is 0 Å². The van der Waals surface area contributed by atoms with Gasteiger partial charge in [0.15, 0.2) is 6.29 Å². The third kappa shape index (κ3) is 8.61. The van der Waals surface area contributed by atoms with Crippen molar-refractivity contribution in [1.82, 2.24) is 0 Å². The molecule has 0 aliphatic carbocycles. The number of benzene rings is 1. The molecule has 0 bridgehead atoms. The molecule has 31 heavy (non-hydrogen) atoms. The molecule has 0 heterocycles. The number of phenolic OH excluding ortho intramolecular Hbond substituents is 2. The summed E-state index contributed by atoms with van der Waals surface area (Å²) in [5.41, 5.74) is 7.11. The number of hydrogen-bond acceptors (Lipinski definition) is 3. The minimum absolute atomic E-state index is 0.0993. The summed E-state index contributed by atoms with van der Waals surface area (Å²) >= 11 is 0. The Hall–Kier alpha value is -2.55. The number of phenols is 2. The van der Waals surface area contributed by atoms with Crippen molar-refractivity contribution < 1.29 is 15.0 Å². The van der Waals surface area contributed by atoms with Crippen LogP contribution in [0.2, 0.25) is 0 Å². The fourth-order valence-electron chi connectivity index (χ4n) is 3.50. The average molecular weight is 425 g/mol. The van der Waals surface area contributed by atoms with Crippen LogP contribution in [0, 0.1) is 6.92 Å². The van der Waals surface area contributed by atoms with Crippen LogP contribution in [0.15, 0.2) is 46.6 Å². The second-order valence-corrected chi connectivity index (χ2v) is 8.96. The standard InChI is InChI=1S/C28H40O3/c1-19(2)10-8-12-21(5)14-16-24-23(7)26(18-29)28(31)25(27(24)30)17-15-22(6)13-9-11-20(3)4/h10-11,14-15,18,30-31H,8-9,12-13,16-17H2,1-7H3/b21-14+,22-15+. The van der Waals surface area contributed by atoms with E-state index in [-0.39, 0.29) is 17.1 Å². The van der Waals surface area contributed by atoms with E-state index in [0.29, 0.717) is 35.8 Å². The van der Waals surface area contributed by atoms with Crippen LogP contribution in [0.1, 0.15) is 94.3 Å². The maximum absolute atomic E-state index is 11.7. The normalized spacial score (nSPS) is 12.0. The molecule has 0 aromatic heterocycles. The van der Waals surface area contributed by atoms with Gasteiger partial charge in [-0.05, 0) is 92.6 Å². The first-order valence-electron chi connectivity index (χ1n) is 11.2. The lowest BCUT2D eigenvalue weighted by Crippen LogP contribution is -2.01. The molecule has 1 rings (SSSR count). The molecule has 0 atom stereocenters. The van der Waals surface area contributed by atoms with Gasteiger partial charge in [-0.3, -0.25) is 4.79 Å². The van der Waals surface area contributed by atoms with Crippen molar-refractivity contribution >= 4 is 6.29 Å². The molecular weight excluding hydrogens is 384 g/mol. The van der Waals surface area contributed by atoms with Gasteiger partial charge in [0.05, 0.1) is 5.56 Å². The quantitative estimate of drug-likeness (QED) is 0.283. The van der Waals surface area contributed by atoms with Crippen molar-refractivity contribution in [3.05, 3.63) is 68.9 Å². The second-order valence-electron chi connectivity index (χ2n) is 8.96. The Kier molecular flexibility index (Phi) is 11.1. The lowest BCUT2D eigenvalue weighted by atomic mass is 9.91. The van der Waals surface area contributed by atoms with Gasteiger partial charge < -0.3 is 10.2 Å². The van der Waals surface area contributed by atoms with E-state index < -0.39 is 0 Å². The maximum atomic E-state index is 11.7. The molecule has 0 unspecified atom stereocenters. The number of allylic oxidation sites excluding steroid dienone is 8. The van der Waals surface area contributed by atoms with Crippen LogP contribution in [-0.2, 0) is 12.8 Å². The van der Waals surface area contributed by atoms with Crippen LogP contribution in [0.4, 0.5) is 0 Å². The van der Waals surface area contributed by atoms with E-state index in [0.717, 1.165) is 25.7 Å². The van der Waals surface area contributed by atoms with Crippen LogP contribution < -0.4 is 0 Å². The fraction of sp³-hybridized carbons (Fsp3) is 0.464. The van der Waals surface area contributed by atoms with Crippen LogP contribution in [0.3, 0.4) is 0 Å². The van der Waals surface area contributed by atoms with E-state index >= 15 is 0 Å². The summed E-state index contributed by atoms with van der Waals surface area (Å²) in [4.78, 5) is 11.7. The molecule has 0 aliphatic rings. The van der Waals surface area contributed by atoms with Crippen molar-refractivity contribution in [2.75, 3.05) is 0 Å². The topological polar surface area (TPSA) is 57.5 Å². The summed E-state index contributed by atoms with van der Waals surface area (Å²) in [6.45, 7) is 14.3. The fourth-order valence-corrected chi connectivity index (χ4v) is 3.50. The zero-order chi connectivity index (χ0) is 23.6. The number of aldehydes is 1. The van der Waals surface area contributed by atoms with Gasteiger partial charge in [-0.15, -0.1) is 0 Å². The van der Waals surface area contributed by atoms with E-state index in [2.05, 4.69) is 59.8 Å². The van der Waals surface area contributed by atoms with Crippen LogP contribution in [-0.4, -0.2) is 16.5 Å². The van der Waals surface area contributed by atoms with Crippen LogP contribution in [0.5, 0.6) is 11.5 Å². The van der Waals surface area contributed by atoms with E-state index in [4.69, 9.17) is 0 Å². The van der Waals surface area contributed by atoms with Crippen molar-refractivity contribution in [2.45, 2.75) is 87.0 Å². The average Bonchev–Trinajstić information content (AvgIpc) is 2.67. The predicted octanol–water partition coefficient (Wildman–Crippen LogP) is 7.69. The van der Waals surface area contributed by atoms with Crippen molar-refractivity contribution in [3.63, 3.8) is 0 Å². The summed E-state index contributed by atoms with van der Waals surface area (Å²) in [6.07, 6.45) is 14.0. The molecule has 0 spiro atoms. The number of carbonyl (C=O) groups is 1. The molecule has 170 valence electrons. The summed E-state index contributed by atoms with van der Waals surface area (Å²) in [7, 11) is 0. The Morgan fingerprint density at radius 2 is 1.16 bits per heavy atom. The first kappa shape index (κ1) is 26.5. The van der Waals surface area contributed by atoms with Gasteiger partial charge in [0.2, 0.25) is 0 Å². The molecule has 3 heteroatoms. The molecule has 0 saturated heterocycles. The molecule has 0 amide bonds. The minimum Gasteiger partial charge on any atom is -0.507 e. The number of rotatable bonds is 11. The van der Waals surface area contributed by atoms with E-state index in [1.807, 2.05) is 6.08 Å². The highest BCUT2D eigenvalue weighted by Gasteiger charge is 2.20. The second kappa shape index (κ2) is 13.0. The minimum atomic E-state index is -0.105. The highest BCUT2D eigenvalue weighted by Crippen LogP contribution is 2.38. The Morgan fingerprint density at radius 3 is 1.58 bits per heavy atom. The third-order valence-corrected chi connectivity index (χ3v) is 5.58. The number of aromatic hydroxyl groups is 2. The van der Waals surface area contributed by atoms with Crippen LogP contribution >= 0.6 is 0 Å². The highest BCUT2D eigenvalue weighted by atomic mass is 16.3. The van der Waals surface area contributed by atoms with Crippen molar-refractivity contribution in [1.29, 1.82) is 0 Å². The molecule has 0 fully saturated rings. The van der Waals surface area contributed by atoms with Crippen LogP contribution in [0.25, 0.3) is 0 Å². The molecule has 0 aliphatic heterocycles. The van der Waals surface area contributed by atoms with Crippen molar-refractivity contribution in [3.8, 4) is 11.5 Å². The Morgan fingerprint density at radius 1 is 0.710 bits per heavy atom. The molecular formula is C28H40O3. The number of hydrogen-bond donors (Lipinski definition) is 2. The van der Waals surface area contributed by atoms with Gasteiger partial charge in [0.1, 0.15) is 11.5 Å². The highest BCUT2D eigenvalue weighted by molar-refractivity contribution is 5.84. The summed E-state index contributed by atoms with van der Waals surface area (Å²) in [5.74, 6) is -0.00587. The Bertz CT molecular complexity index is 820. The molecule has 0 saturated carbocycles. The zero-order valence-electron chi connectivity index (χ0n) is 20.4. The first-order valence-corrected chi connectivity index (χ1v) is 11.2. The molecule has 3 nitrogen and oxygen atoms in total. The maximum Gasteiger partial charge on any atom is 0.154 e. The van der Waals surface area contributed by atoms with Gasteiger partial charge in [-0.2, -0.15) is 0 Å². The summed E-state index contributed by atoms with van der Waals surface area (Å²) in [6, 6.07) is 0. The summed E-state index contributed by atoms with van der Waals surface area (Å²) in [5, 5.41) is 21.6. The lowest BCUT2D eigenvalue weighted by molar-refractivity contribution is 0.112. The zero-order valence-corrected chi connectivity index (χ0v) is 20.4. The van der Waals surface area contributed by atoms with E-state index in [1.54, 1.807) is 6.92 Å². The van der Waals surface area contributed by atoms with Gasteiger partial charge >= 0.3 is 0 Å². The summed E-state index contributed by atoms with van der Waals surface area (Å²) < 4.78 is 0. The Labute approximate surface area is 188 Å². The largest absolute Gasteiger partial charge is 0.507 e. The van der Waals surface area contributed by atoms with Gasteiger partial charge in [-0.25, -0.2) is 0 Å². The van der Waals surface area contributed by atoms with E-state index in [9.17, 15) is 15.0 Å². The SMILES string of the molecule is CC(C)=CCC/C(C)=C/Cc1c(C)c(C=O)c(O)c(C/C=C(\C)CCC=C(C)C)c1O. The van der Waals surface area contributed by atoms with Gasteiger partial charge in [-0.1, -0.05) is 46.6 Å². The third-order valence-electron chi connectivity index (χ3n) is 5.58. The first-order chi connectivity index (χ1) is 14.6. The molecule has 2 N–H and O–H groups in total. The van der Waals surface area contributed by atoms with Crippen molar-refractivity contribution in [2.24, 2.45) is 0 Å². The lowest BCUT2D eigenvalue weighted by Gasteiger charge is -2.16. The molecule has 0 radical (unpaired) electrons. The smallest absolute Gasteiger partial charge is 0.154 e. The molecule has 1 aromatic carbocycles.